The number of piperidine rings is 1. The van der Waals surface area contributed by atoms with Gasteiger partial charge in [-0.2, -0.15) is 0 Å². The Labute approximate surface area is 182 Å². The van der Waals surface area contributed by atoms with Crippen LogP contribution in [0.1, 0.15) is 37.8 Å². The van der Waals surface area contributed by atoms with E-state index in [0.717, 1.165) is 35.9 Å². The van der Waals surface area contributed by atoms with E-state index < -0.39 is 11.0 Å². The van der Waals surface area contributed by atoms with Crippen molar-refractivity contribution in [3.63, 3.8) is 0 Å². The zero-order chi connectivity index (χ0) is 21.1. The summed E-state index contributed by atoms with van der Waals surface area (Å²) in [5.74, 6) is 1.28. The molecule has 1 saturated heterocycles. The Morgan fingerprint density at radius 3 is 2.93 bits per heavy atom. The SMILES string of the molecule is CCOC(=O)[C@H]1C[C@H]2C(Cl)=C[C@@]13[C@@H]1Cc4ccc(OC)c5c4[C@@]3(CCN1C)[C@]2(C)O5. The smallest absolute Gasteiger partial charge is 0.309 e. The molecule has 7 rings (SSSR count). The third kappa shape index (κ3) is 1.74. The fourth-order valence-corrected chi connectivity index (χ4v) is 8.56. The summed E-state index contributed by atoms with van der Waals surface area (Å²) in [6.07, 6.45) is 4.71. The topological polar surface area (TPSA) is 48.0 Å². The molecule has 0 aromatic heterocycles. The molecule has 2 aliphatic heterocycles. The first kappa shape index (κ1) is 19.0. The largest absolute Gasteiger partial charge is 0.493 e. The van der Waals surface area contributed by atoms with Crippen LogP contribution in [0.3, 0.4) is 0 Å². The molecular formula is C24H28ClNO4. The van der Waals surface area contributed by atoms with Crippen molar-refractivity contribution in [3.8, 4) is 11.5 Å². The summed E-state index contributed by atoms with van der Waals surface area (Å²) in [7, 11) is 3.88. The van der Waals surface area contributed by atoms with E-state index in [-0.39, 0.29) is 29.3 Å². The maximum Gasteiger partial charge on any atom is 0.309 e. The van der Waals surface area contributed by atoms with E-state index in [0.29, 0.717) is 13.0 Å². The van der Waals surface area contributed by atoms with Crippen LogP contribution in [0.5, 0.6) is 11.5 Å². The molecule has 5 nitrogen and oxygen atoms in total. The number of methoxy groups -OCH3 is 1. The van der Waals surface area contributed by atoms with E-state index in [1.54, 1.807) is 7.11 Å². The lowest BCUT2D eigenvalue weighted by Gasteiger charge is -2.72. The van der Waals surface area contributed by atoms with E-state index in [1.807, 2.05) is 13.0 Å². The molecule has 1 aromatic rings. The summed E-state index contributed by atoms with van der Waals surface area (Å²) in [4.78, 5) is 15.8. The summed E-state index contributed by atoms with van der Waals surface area (Å²) in [5, 5.41) is 0.837. The molecule has 160 valence electrons. The summed E-state index contributed by atoms with van der Waals surface area (Å²) in [6.45, 7) is 5.46. The van der Waals surface area contributed by atoms with E-state index >= 15 is 0 Å². The lowest BCUT2D eigenvalue weighted by molar-refractivity contribution is -0.205. The molecule has 6 atom stereocenters. The molecule has 1 aromatic carbocycles. The predicted octanol–water partition coefficient (Wildman–Crippen LogP) is 3.67. The van der Waals surface area contributed by atoms with Crippen molar-refractivity contribution in [1.29, 1.82) is 0 Å². The van der Waals surface area contributed by atoms with Gasteiger partial charge in [-0.05, 0) is 58.3 Å². The van der Waals surface area contributed by atoms with Crippen LogP contribution < -0.4 is 9.47 Å². The first-order valence-electron chi connectivity index (χ1n) is 11.0. The normalized spacial score (nSPS) is 42.3. The number of benzene rings is 1. The van der Waals surface area contributed by atoms with Crippen LogP contribution in [0.15, 0.2) is 23.2 Å². The maximum absolute atomic E-state index is 13.4. The number of ether oxygens (including phenoxy) is 3. The number of carbonyl (C=O) groups excluding carboxylic acids is 1. The van der Waals surface area contributed by atoms with Gasteiger partial charge in [0.15, 0.2) is 11.5 Å². The van der Waals surface area contributed by atoms with Crippen molar-refractivity contribution < 1.29 is 19.0 Å². The number of carbonyl (C=O) groups is 1. The molecule has 2 spiro atoms. The molecular weight excluding hydrogens is 402 g/mol. The Balaban J connectivity index is 1.72. The van der Waals surface area contributed by atoms with Gasteiger partial charge in [-0.15, -0.1) is 0 Å². The number of halogens is 1. The van der Waals surface area contributed by atoms with Crippen LogP contribution in [0.25, 0.3) is 0 Å². The van der Waals surface area contributed by atoms with Gasteiger partial charge in [-0.3, -0.25) is 4.79 Å². The number of hydrogen-bond acceptors (Lipinski definition) is 5. The van der Waals surface area contributed by atoms with Gasteiger partial charge in [0.25, 0.3) is 0 Å². The van der Waals surface area contributed by atoms with E-state index in [1.165, 1.54) is 11.1 Å². The van der Waals surface area contributed by atoms with Crippen LogP contribution >= 0.6 is 11.6 Å². The number of nitrogens with zero attached hydrogens (tertiary/aromatic N) is 1. The minimum atomic E-state index is -0.506. The maximum atomic E-state index is 13.4. The van der Waals surface area contributed by atoms with Crippen LogP contribution in [0.2, 0.25) is 0 Å². The van der Waals surface area contributed by atoms with Gasteiger partial charge in [0, 0.05) is 28.0 Å². The molecule has 4 bridgehead atoms. The number of esters is 1. The van der Waals surface area contributed by atoms with Crippen molar-refractivity contribution in [3.05, 3.63) is 34.4 Å². The third-order valence-electron chi connectivity index (χ3n) is 9.09. The molecule has 6 aliphatic rings. The molecule has 1 saturated carbocycles. The number of hydrogen-bond donors (Lipinski definition) is 0. The fourth-order valence-electron chi connectivity index (χ4n) is 8.08. The van der Waals surface area contributed by atoms with Crippen molar-refractivity contribution >= 4 is 17.6 Å². The van der Waals surface area contributed by atoms with Crippen molar-refractivity contribution in [2.75, 3.05) is 27.3 Å². The number of fused-ring (bicyclic) bond motifs is 1. The number of likely N-dealkylation sites (tertiary alicyclic amines) is 1. The lowest BCUT2D eigenvalue weighted by atomic mass is 9.33. The molecule has 0 amide bonds. The second kappa shape index (κ2) is 5.74. The summed E-state index contributed by atoms with van der Waals surface area (Å²) in [6, 6.07) is 4.39. The molecule has 0 radical (unpaired) electrons. The first-order chi connectivity index (χ1) is 14.4. The standard InChI is InChI=1S/C24H28ClNO4/c1-5-29-21(27)15-11-14-16(25)12-23(15)18-10-13-6-7-17(28-4)20-19(13)24(23,8-9-26(18)3)22(14,2)30-20/h6-7,12,14-15,18H,5,8-11H2,1-4H3/t14-,15+,18-,22+,23-,24-/m0/s1. The van der Waals surface area contributed by atoms with Gasteiger partial charge in [0.05, 0.1) is 25.0 Å². The molecule has 30 heavy (non-hydrogen) atoms. The van der Waals surface area contributed by atoms with Crippen molar-refractivity contribution in [1.82, 2.24) is 4.90 Å². The Hall–Kier alpha value is -1.72. The highest BCUT2D eigenvalue weighted by molar-refractivity contribution is 6.30. The quantitative estimate of drug-likeness (QED) is 0.686. The zero-order valence-corrected chi connectivity index (χ0v) is 18.7. The van der Waals surface area contributed by atoms with Crippen LogP contribution in [0.4, 0.5) is 0 Å². The zero-order valence-electron chi connectivity index (χ0n) is 18.0. The van der Waals surface area contributed by atoms with Crippen LogP contribution in [-0.2, 0) is 21.4 Å². The third-order valence-corrected chi connectivity index (χ3v) is 9.46. The fraction of sp³-hybridized carbons (Fsp3) is 0.625. The number of rotatable bonds is 3. The number of likely N-dealkylation sites (N-methyl/N-ethyl adjacent to an activating group) is 1. The van der Waals surface area contributed by atoms with Gasteiger partial charge in [0.1, 0.15) is 5.60 Å². The van der Waals surface area contributed by atoms with Crippen molar-refractivity contribution in [2.24, 2.45) is 17.3 Å². The van der Waals surface area contributed by atoms with Gasteiger partial charge >= 0.3 is 5.97 Å². The molecule has 6 heteroatoms. The highest BCUT2D eigenvalue weighted by Gasteiger charge is 2.82. The average molecular weight is 430 g/mol. The summed E-state index contributed by atoms with van der Waals surface area (Å²) in [5.41, 5.74) is 1.31. The van der Waals surface area contributed by atoms with E-state index in [4.69, 9.17) is 25.8 Å². The minimum absolute atomic E-state index is 0.0393. The first-order valence-corrected chi connectivity index (χ1v) is 11.4. The molecule has 0 N–H and O–H groups in total. The van der Waals surface area contributed by atoms with Gasteiger partial charge in [-0.25, -0.2) is 0 Å². The van der Waals surface area contributed by atoms with Crippen LogP contribution in [0, 0.1) is 17.3 Å². The van der Waals surface area contributed by atoms with E-state index in [9.17, 15) is 4.79 Å². The monoisotopic (exact) mass is 429 g/mol. The van der Waals surface area contributed by atoms with Gasteiger partial charge in [-0.1, -0.05) is 23.7 Å². The minimum Gasteiger partial charge on any atom is -0.493 e. The Bertz CT molecular complexity index is 1010. The highest BCUT2D eigenvalue weighted by atomic mass is 35.5. The average Bonchev–Trinajstić information content (AvgIpc) is 2.99. The highest BCUT2D eigenvalue weighted by Crippen LogP contribution is 2.78. The lowest BCUT2D eigenvalue weighted by Crippen LogP contribution is -2.80. The second-order valence-corrected chi connectivity index (χ2v) is 10.2. The molecule has 2 heterocycles. The van der Waals surface area contributed by atoms with Gasteiger partial charge in [0.2, 0.25) is 0 Å². The predicted molar refractivity (Wildman–Crippen MR) is 113 cm³/mol. The Morgan fingerprint density at radius 2 is 2.20 bits per heavy atom. The Kier molecular flexibility index (Phi) is 3.64. The second-order valence-electron chi connectivity index (χ2n) is 9.75. The summed E-state index contributed by atoms with van der Waals surface area (Å²) < 4.78 is 18.3. The van der Waals surface area contributed by atoms with Gasteiger partial charge < -0.3 is 19.1 Å². The molecule has 4 aliphatic carbocycles. The Morgan fingerprint density at radius 1 is 1.40 bits per heavy atom. The molecule has 0 unspecified atom stereocenters. The molecule has 2 fully saturated rings. The van der Waals surface area contributed by atoms with Crippen LogP contribution in [-0.4, -0.2) is 49.8 Å². The van der Waals surface area contributed by atoms with E-state index in [2.05, 4.69) is 31.0 Å². The summed E-state index contributed by atoms with van der Waals surface area (Å²) >= 11 is 6.96. The van der Waals surface area contributed by atoms with Crippen molar-refractivity contribution in [2.45, 2.75) is 50.2 Å².